The Morgan fingerprint density at radius 3 is 2.71 bits per heavy atom. The van der Waals surface area contributed by atoms with E-state index in [1.165, 1.54) is 37.7 Å². The molecule has 0 bridgehead atoms. The lowest BCUT2D eigenvalue weighted by molar-refractivity contribution is 0.256. The Morgan fingerprint density at radius 2 is 1.96 bits per heavy atom. The van der Waals surface area contributed by atoms with Crippen LogP contribution in [0.1, 0.15) is 37.9 Å². The summed E-state index contributed by atoms with van der Waals surface area (Å²) in [4.78, 5) is 11.7. The maximum atomic E-state index is 4.65. The highest BCUT2D eigenvalue weighted by Crippen LogP contribution is 2.34. The van der Waals surface area contributed by atoms with E-state index in [9.17, 15) is 0 Å². The van der Waals surface area contributed by atoms with E-state index in [1.807, 2.05) is 13.1 Å². The lowest BCUT2D eigenvalue weighted by Gasteiger charge is -2.22. The van der Waals surface area contributed by atoms with E-state index in [-0.39, 0.29) is 0 Å². The van der Waals surface area contributed by atoms with Crippen molar-refractivity contribution in [3.8, 4) is 0 Å². The second kappa shape index (κ2) is 8.95. The molecule has 2 aromatic rings. The van der Waals surface area contributed by atoms with Crippen molar-refractivity contribution in [1.82, 2.24) is 25.1 Å². The van der Waals surface area contributed by atoms with E-state index >= 15 is 0 Å². The van der Waals surface area contributed by atoms with Crippen molar-refractivity contribution < 1.29 is 0 Å². The SMILES string of the molecule is CN=C(NCCCn1c(C)nc2ccccc21)NCCN(CC1CC1)C1CC1. The lowest BCUT2D eigenvalue weighted by Crippen LogP contribution is -2.42. The van der Waals surface area contributed by atoms with Gasteiger partial charge in [0.2, 0.25) is 0 Å². The predicted molar refractivity (Wildman–Crippen MR) is 116 cm³/mol. The predicted octanol–water partition coefficient (Wildman–Crippen LogP) is 2.77. The molecule has 1 heterocycles. The van der Waals surface area contributed by atoms with Crippen LogP contribution in [0.15, 0.2) is 29.3 Å². The number of guanidine groups is 1. The Bertz CT molecular complexity index is 802. The van der Waals surface area contributed by atoms with Gasteiger partial charge in [-0.25, -0.2) is 4.98 Å². The first-order valence-electron chi connectivity index (χ1n) is 10.8. The largest absolute Gasteiger partial charge is 0.356 e. The Labute approximate surface area is 168 Å². The third-order valence-electron chi connectivity index (χ3n) is 5.86. The third kappa shape index (κ3) is 5.04. The fourth-order valence-corrected chi connectivity index (χ4v) is 3.96. The highest BCUT2D eigenvalue weighted by atomic mass is 15.2. The number of nitrogens with one attached hydrogen (secondary N) is 2. The van der Waals surface area contributed by atoms with Crippen LogP contribution in [-0.2, 0) is 6.54 Å². The Morgan fingerprint density at radius 1 is 1.18 bits per heavy atom. The van der Waals surface area contributed by atoms with E-state index in [1.54, 1.807) is 0 Å². The molecular weight excluding hydrogens is 348 g/mol. The fraction of sp³-hybridized carbons (Fsp3) is 0.636. The summed E-state index contributed by atoms with van der Waals surface area (Å²) in [7, 11) is 1.85. The molecule has 2 fully saturated rings. The van der Waals surface area contributed by atoms with Gasteiger partial charge in [0.25, 0.3) is 0 Å². The van der Waals surface area contributed by atoms with Crippen LogP contribution in [-0.4, -0.2) is 59.7 Å². The van der Waals surface area contributed by atoms with Crippen molar-refractivity contribution in [1.29, 1.82) is 0 Å². The molecule has 152 valence electrons. The molecule has 1 aromatic heterocycles. The van der Waals surface area contributed by atoms with Gasteiger partial charge in [-0.2, -0.15) is 0 Å². The molecule has 0 unspecified atom stereocenters. The van der Waals surface area contributed by atoms with Gasteiger partial charge in [0.1, 0.15) is 5.82 Å². The van der Waals surface area contributed by atoms with Crippen LogP contribution in [0.5, 0.6) is 0 Å². The Kier molecular flexibility index (Phi) is 6.15. The maximum absolute atomic E-state index is 4.65. The third-order valence-corrected chi connectivity index (χ3v) is 5.86. The molecule has 0 radical (unpaired) electrons. The molecule has 1 aromatic carbocycles. The highest BCUT2D eigenvalue weighted by Gasteiger charge is 2.33. The minimum absolute atomic E-state index is 0.852. The summed E-state index contributed by atoms with van der Waals surface area (Å²) >= 11 is 0. The lowest BCUT2D eigenvalue weighted by atomic mass is 10.3. The van der Waals surface area contributed by atoms with Gasteiger partial charge in [-0.1, -0.05) is 12.1 Å². The smallest absolute Gasteiger partial charge is 0.191 e. The molecule has 6 heteroatoms. The Hall–Kier alpha value is -2.08. The van der Waals surface area contributed by atoms with Gasteiger partial charge >= 0.3 is 0 Å². The number of fused-ring (bicyclic) bond motifs is 1. The van der Waals surface area contributed by atoms with Gasteiger partial charge in [0.15, 0.2) is 5.96 Å². The van der Waals surface area contributed by atoms with Gasteiger partial charge < -0.3 is 15.2 Å². The van der Waals surface area contributed by atoms with Crippen molar-refractivity contribution >= 4 is 17.0 Å². The van der Waals surface area contributed by atoms with Gasteiger partial charge in [-0.15, -0.1) is 0 Å². The van der Waals surface area contributed by atoms with Crippen LogP contribution >= 0.6 is 0 Å². The number of aromatic nitrogens is 2. The van der Waals surface area contributed by atoms with Crippen LogP contribution in [0, 0.1) is 12.8 Å². The van der Waals surface area contributed by atoms with Crippen molar-refractivity contribution in [2.75, 3.05) is 33.2 Å². The number of para-hydroxylation sites is 2. The zero-order valence-electron chi connectivity index (χ0n) is 17.3. The topological polar surface area (TPSA) is 57.5 Å². The first kappa shape index (κ1) is 19.2. The fourth-order valence-electron chi connectivity index (χ4n) is 3.96. The molecule has 0 spiro atoms. The summed E-state index contributed by atoms with van der Waals surface area (Å²) in [6, 6.07) is 9.21. The zero-order chi connectivity index (χ0) is 19.3. The summed E-state index contributed by atoms with van der Waals surface area (Å²) in [6.45, 7) is 7.35. The number of rotatable bonds is 10. The summed E-state index contributed by atoms with van der Waals surface area (Å²) < 4.78 is 2.30. The molecule has 2 saturated carbocycles. The van der Waals surface area contributed by atoms with Gasteiger partial charge in [0.05, 0.1) is 11.0 Å². The summed E-state index contributed by atoms with van der Waals surface area (Å²) in [5, 5.41) is 6.95. The summed E-state index contributed by atoms with van der Waals surface area (Å²) in [6.07, 6.45) is 6.69. The molecule has 0 aliphatic heterocycles. The summed E-state index contributed by atoms with van der Waals surface area (Å²) in [5.74, 6) is 2.97. The molecule has 4 rings (SSSR count). The minimum atomic E-state index is 0.852. The van der Waals surface area contributed by atoms with Crippen molar-refractivity contribution in [2.45, 2.75) is 51.6 Å². The van der Waals surface area contributed by atoms with Gasteiger partial charge in [-0.05, 0) is 57.1 Å². The van der Waals surface area contributed by atoms with E-state index < -0.39 is 0 Å². The molecule has 0 atom stereocenters. The first-order valence-corrected chi connectivity index (χ1v) is 10.8. The van der Waals surface area contributed by atoms with Crippen molar-refractivity contribution in [2.24, 2.45) is 10.9 Å². The average Bonchev–Trinajstić information content (AvgIpc) is 3.61. The number of hydrogen-bond acceptors (Lipinski definition) is 3. The monoisotopic (exact) mass is 382 g/mol. The number of hydrogen-bond donors (Lipinski definition) is 2. The Balaban J connectivity index is 1.17. The molecule has 2 N–H and O–H groups in total. The standard InChI is InChI=1S/C22H34N6/c1-17-26-20-6-3-4-7-21(20)28(17)14-5-12-24-22(23-2)25-13-15-27(19-10-11-19)16-18-8-9-18/h3-4,6-7,18-19H,5,8-16H2,1-2H3,(H2,23,24,25). The van der Waals surface area contributed by atoms with E-state index in [2.05, 4.69) is 55.2 Å². The first-order chi connectivity index (χ1) is 13.7. The maximum Gasteiger partial charge on any atom is 0.191 e. The number of aryl methyl sites for hydroxylation is 2. The van der Waals surface area contributed by atoms with Crippen LogP contribution in [0.4, 0.5) is 0 Å². The minimum Gasteiger partial charge on any atom is -0.356 e. The number of aliphatic imine (C=N–C) groups is 1. The molecule has 6 nitrogen and oxygen atoms in total. The number of imidazole rings is 1. The quantitative estimate of drug-likeness (QED) is 0.377. The normalized spacial score (nSPS) is 17.5. The number of benzene rings is 1. The zero-order valence-corrected chi connectivity index (χ0v) is 17.3. The molecule has 0 saturated heterocycles. The van der Waals surface area contributed by atoms with Crippen LogP contribution < -0.4 is 10.6 Å². The van der Waals surface area contributed by atoms with Crippen LogP contribution in [0.25, 0.3) is 11.0 Å². The molecule has 2 aliphatic carbocycles. The molecule has 2 aliphatic rings. The summed E-state index contributed by atoms with van der Waals surface area (Å²) in [5.41, 5.74) is 2.30. The average molecular weight is 383 g/mol. The number of nitrogens with zero attached hydrogens (tertiary/aromatic N) is 4. The molecular formula is C22H34N6. The molecule has 0 amide bonds. The molecule has 28 heavy (non-hydrogen) atoms. The highest BCUT2D eigenvalue weighted by molar-refractivity contribution is 5.79. The van der Waals surface area contributed by atoms with Crippen molar-refractivity contribution in [3.05, 3.63) is 30.1 Å². The van der Waals surface area contributed by atoms with Gasteiger partial charge in [0, 0.05) is 45.8 Å². The van der Waals surface area contributed by atoms with Crippen LogP contribution in [0.3, 0.4) is 0 Å². The van der Waals surface area contributed by atoms with Crippen LogP contribution in [0.2, 0.25) is 0 Å². The second-order valence-corrected chi connectivity index (χ2v) is 8.25. The van der Waals surface area contributed by atoms with Gasteiger partial charge in [-0.3, -0.25) is 9.89 Å². The van der Waals surface area contributed by atoms with E-state index in [0.29, 0.717) is 0 Å². The van der Waals surface area contributed by atoms with E-state index in [4.69, 9.17) is 0 Å². The van der Waals surface area contributed by atoms with E-state index in [0.717, 1.165) is 61.9 Å². The van der Waals surface area contributed by atoms with Crippen molar-refractivity contribution in [3.63, 3.8) is 0 Å². The second-order valence-electron chi connectivity index (χ2n) is 8.25.